The largest absolute Gasteiger partial charge is 0.495 e. The summed E-state index contributed by atoms with van der Waals surface area (Å²) in [6, 6.07) is 16.4. The fourth-order valence-electron chi connectivity index (χ4n) is 4.95. The highest BCUT2D eigenvalue weighted by atomic mass is 35.5. The van der Waals surface area contributed by atoms with Crippen molar-refractivity contribution in [3.05, 3.63) is 71.6 Å². The van der Waals surface area contributed by atoms with Gasteiger partial charge in [0.2, 0.25) is 0 Å². The fraction of sp³-hybridized carbons (Fsp3) is 0.296. The van der Waals surface area contributed by atoms with Crippen LogP contribution in [0.2, 0.25) is 5.02 Å². The molecular weight excluding hydrogens is 418 g/mol. The summed E-state index contributed by atoms with van der Waals surface area (Å²) in [5.41, 5.74) is 6.82. The standard InChI is InChI=1S/C27H28ClN3O/c1-17(19-5-4-12-29-14-19)26-25(23-6-3-7-24(32-2)27(23)31-26)21-13-20(15-30-16-21)18-8-10-22(28)11-9-18/h3,6-11,13,15-17,19,29,31H,4-5,12,14H2,1-2H3. The molecule has 2 N–H and O–H groups in total. The molecule has 2 atom stereocenters. The number of rotatable bonds is 5. The van der Waals surface area contributed by atoms with E-state index >= 15 is 0 Å². The van der Waals surface area contributed by atoms with Crippen LogP contribution in [0, 0.1) is 5.92 Å². The minimum Gasteiger partial charge on any atom is -0.495 e. The third-order valence-corrected chi connectivity index (χ3v) is 7.00. The van der Waals surface area contributed by atoms with Crippen LogP contribution in [0.5, 0.6) is 5.75 Å². The van der Waals surface area contributed by atoms with Crippen LogP contribution in [0.1, 0.15) is 31.4 Å². The van der Waals surface area contributed by atoms with Crippen molar-refractivity contribution < 1.29 is 4.74 Å². The number of piperidine rings is 1. The molecular formula is C27H28ClN3O. The molecule has 5 rings (SSSR count). The minimum absolute atomic E-state index is 0.383. The van der Waals surface area contributed by atoms with Crippen LogP contribution >= 0.6 is 11.6 Å². The molecule has 4 aromatic rings. The van der Waals surface area contributed by atoms with Crippen molar-refractivity contribution in [2.75, 3.05) is 20.2 Å². The molecule has 32 heavy (non-hydrogen) atoms. The minimum atomic E-state index is 0.383. The highest BCUT2D eigenvalue weighted by Gasteiger charge is 2.27. The van der Waals surface area contributed by atoms with E-state index in [0.29, 0.717) is 11.8 Å². The Morgan fingerprint density at radius 3 is 2.62 bits per heavy atom. The average molecular weight is 446 g/mol. The van der Waals surface area contributed by atoms with E-state index in [2.05, 4.69) is 40.4 Å². The maximum Gasteiger partial charge on any atom is 0.142 e. The quantitative estimate of drug-likeness (QED) is 0.361. The Kier molecular flexibility index (Phi) is 5.90. The number of nitrogens with one attached hydrogen (secondary N) is 2. The maximum atomic E-state index is 6.10. The van der Waals surface area contributed by atoms with Crippen LogP contribution in [-0.2, 0) is 0 Å². The number of methoxy groups -OCH3 is 1. The lowest BCUT2D eigenvalue weighted by Crippen LogP contribution is -2.32. The predicted molar refractivity (Wildman–Crippen MR) is 133 cm³/mol. The number of nitrogens with zero attached hydrogens (tertiary/aromatic N) is 1. The summed E-state index contributed by atoms with van der Waals surface area (Å²) >= 11 is 6.10. The second-order valence-electron chi connectivity index (χ2n) is 8.66. The molecule has 1 aliphatic heterocycles. The summed E-state index contributed by atoms with van der Waals surface area (Å²) in [6.07, 6.45) is 6.35. The first-order chi connectivity index (χ1) is 15.7. The molecule has 1 saturated heterocycles. The number of halogens is 1. The second-order valence-corrected chi connectivity index (χ2v) is 9.10. The maximum absolute atomic E-state index is 6.10. The van der Waals surface area contributed by atoms with Gasteiger partial charge in [-0.15, -0.1) is 0 Å². The Labute approximate surface area is 194 Å². The lowest BCUT2D eigenvalue weighted by Gasteiger charge is -2.28. The second kappa shape index (κ2) is 8.97. The van der Waals surface area contributed by atoms with Crippen molar-refractivity contribution in [3.63, 3.8) is 0 Å². The smallest absolute Gasteiger partial charge is 0.142 e. The zero-order valence-corrected chi connectivity index (χ0v) is 19.2. The normalized spacial score (nSPS) is 17.4. The van der Waals surface area contributed by atoms with E-state index in [9.17, 15) is 0 Å². The zero-order valence-electron chi connectivity index (χ0n) is 18.5. The molecule has 4 nitrogen and oxygen atoms in total. The molecule has 0 spiro atoms. The van der Waals surface area contributed by atoms with Crippen molar-refractivity contribution in [2.24, 2.45) is 5.92 Å². The summed E-state index contributed by atoms with van der Waals surface area (Å²) in [6.45, 7) is 4.51. The van der Waals surface area contributed by atoms with E-state index in [1.807, 2.05) is 42.7 Å². The number of H-pyrrole nitrogens is 1. The molecule has 1 fully saturated rings. The fourth-order valence-corrected chi connectivity index (χ4v) is 5.08. The predicted octanol–water partition coefficient (Wildman–Crippen LogP) is 6.66. The van der Waals surface area contributed by atoms with E-state index < -0.39 is 0 Å². The van der Waals surface area contributed by atoms with Crippen molar-refractivity contribution >= 4 is 22.5 Å². The van der Waals surface area contributed by atoms with Crippen LogP contribution in [-0.4, -0.2) is 30.2 Å². The van der Waals surface area contributed by atoms with Crippen LogP contribution in [0.25, 0.3) is 33.2 Å². The third kappa shape index (κ3) is 3.89. The first kappa shape index (κ1) is 21.0. The van der Waals surface area contributed by atoms with Crippen molar-refractivity contribution in [1.82, 2.24) is 15.3 Å². The average Bonchev–Trinajstić information content (AvgIpc) is 3.24. The molecule has 3 heterocycles. The summed E-state index contributed by atoms with van der Waals surface area (Å²) < 4.78 is 5.69. The lowest BCUT2D eigenvalue weighted by atomic mass is 9.83. The number of aromatic amines is 1. The molecule has 5 heteroatoms. The Morgan fingerprint density at radius 2 is 1.88 bits per heavy atom. The molecule has 2 unspecified atom stereocenters. The van der Waals surface area contributed by atoms with E-state index in [1.54, 1.807) is 7.11 Å². The first-order valence-electron chi connectivity index (χ1n) is 11.3. The number of aromatic nitrogens is 2. The van der Waals surface area contributed by atoms with Gasteiger partial charge in [0.1, 0.15) is 5.75 Å². The topological polar surface area (TPSA) is 49.9 Å². The van der Waals surface area contributed by atoms with Gasteiger partial charge < -0.3 is 15.0 Å². The monoisotopic (exact) mass is 445 g/mol. The Balaban J connectivity index is 1.67. The molecule has 0 amide bonds. The van der Waals surface area contributed by atoms with Gasteiger partial charge in [-0.25, -0.2) is 0 Å². The Hall–Kier alpha value is -2.82. The Bertz CT molecular complexity index is 1230. The van der Waals surface area contributed by atoms with Gasteiger partial charge in [-0.2, -0.15) is 0 Å². The highest BCUT2D eigenvalue weighted by molar-refractivity contribution is 6.30. The van der Waals surface area contributed by atoms with Crippen molar-refractivity contribution in [1.29, 1.82) is 0 Å². The number of fused-ring (bicyclic) bond motifs is 1. The van der Waals surface area contributed by atoms with E-state index in [0.717, 1.165) is 46.1 Å². The first-order valence-corrected chi connectivity index (χ1v) is 11.6. The zero-order chi connectivity index (χ0) is 22.1. The van der Waals surface area contributed by atoms with Gasteiger partial charge in [0.05, 0.1) is 12.6 Å². The molecule has 2 aromatic carbocycles. The van der Waals surface area contributed by atoms with Crippen LogP contribution in [0.15, 0.2) is 60.9 Å². The molecule has 2 aromatic heterocycles. The molecule has 1 aliphatic rings. The van der Waals surface area contributed by atoms with Crippen LogP contribution < -0.4 is 10.1 Å². The molecule has 164 valence electrons. The molecule has 0 radical (unpaired) electrons. The highest BCUT2D eigenvalue weighted by Crippen LogP contribution is 2.42. The number of hydrogen-bond donors (Lipinski definition) is 2. The SMILES string of the molecule is COc1cccc2c(-c3cncc(-c4ccc(Cl)cc4)c3)c(C(C)C3CCCNC3)[nH]c12. The van der Waals surface area contributed by atoms with E-state index in [-0.39, 0.29) is 0 Å². The van der Waals surface area contributed by atoms with Gasteiger partial charge in [0.25, 0.3) is 0 Å². The molecule has 0 aliphatic carbocycles. The number of para-hydroxylation sites is 1. The number of pyridine rings is 1. The summed E-state index contributed by atoms with van der Waals surface area (Å²) in [4.78, 5) is 8.36. The number of benzene rings is 2. The lowest BCUT2D eigenvalue weighted by molar-refractivity contribution is 0.332. The van der Waals surface area contributed by atoms with E-state index in [1.165, 1.54) is 29.5 Å². The van der Waals surface area contributed by atoms with Gasteiger partial charge in [-0.3, -0.25) is 4.98 Å². The van der Waals surface area contributed by atoms with E-state index in [4.69, 9.17) is 16.3 Å². The molecule has 0 bridgehead atoms. The Morgan fingerprint density at radius 1 is 1.06 bits per heavy atom. The van der Waals surface area contributed by atoms with Crippen LogP contribution in [0.3, 0.4) is 0 Å². The van der Waals surface area contributed by atoms with Gasteiger partial charge in [0.15, 0.2) is 0 Å². The summed E-state index contributed by atoms with van der Waals surface area (Å²) in [5.74, 6) is 1.84. The van der Waals surface area contributed by atoms with Gasteiger partial charge in [0, 0.05) is 51.1 Å². The number of ether oxygens (including phenoxy) is 1. The van der Waals surface area contributed by atoms with Gasteiger partial charge in [-0.05, 0) is 61.7 Å². The van der Waals surface area contributed by atoms with Crippen molar-refractivity contribution in [3.8, 4) is 28.0 Å². The van der Waals surface area contributed by atoms with Gasteiger partial charge >= 0.3 is 0 Å². The van der Waals surface area contributed by atoms with Gasteiger partial charge in [-0.1, -0.05) is 42.8 Å². The third-order valence-electron chi connectivity index (χ3n) is 6.75. The summed E-state index contributed by atoms with van der Waals surface area (Å²) in [5, 5.41) is 5.48. The molecule has 0 saturated carbocycles. The van der Waals surface area contributed by atoms with Crippen LogP contribution in [0.4, 0.5) is 0 Å². The number of hydrogen-bond acceptors (Lipinski definition) is 3. The van der Waals surface area contributed by atoms with Crippen molar-refractivity contribution in [2.45, 2.75) is 25.7 Å². The summed E-state index contributed by atoms with van der Waals surface area (Å²) in [7, 11) is 1.73.